The van der Waals surface area contributed by atoms with E-state index in [4.69, 9.17) is 5.84 Å². The van der Waals surface area contributed by atoms with E-state index in [1.54, 1.807) is 11.3 Å². The summed E-state index contributed by atoms with van der Waals surface area (Å²) in [7, 11) is 0. The fraction of sp³-hybridized carbons (Fsp3) is 0.273. The van der Waals surface area contributed by atoms with Gasteiger partial charge in [0.1, 0.15) is 5.82 Å². The molecule has 0 saturated carbocycles. The molecule has 0 aromatic carbocycles. The maximum absolute atomic E-state index is 5.46. The standard InChI is InChI=1S/C11H13BrN4S/c1-5-6(2)14-11(15-10(5)16-13)9-4-8(12)7(3)17-9/h4H,13H2,1-3H3,(H,14,15,16). The summed E-state index contributed by atoms with van der Waals surface area (Å²) in [5.41, 5.74) is 4.52. The summed E-state index contributed by atoms with van der Waals surface area (Å²) in [5.74, 6) is 6.84. The van der Waals surface area contributed by atoms with Crippen molar-refractivity contribution >= 4 is 33.1 Å². The number of rotatable bonds is 2. The molecule has 0 saturated heterocycles. The maximum atomic E-state index is 5.46. The van der Waals surface area contributed by atoms with Crippen LogP contribution in [0.5, 0.6) is 0 Å². The van der Waals surface area contributed by atoms with Crippen molar-refractivity contribution < 1.29 is 0 Å². The van der Waals surface area contributed by atoms with Crippen LogP contribution in [0.3, 0.4) is 0 Å². The van der Waals surface area contributed by atoms with Gasteiger partial charge in [0.25, 0.3) is 0 Å². The van der Waals surface area contributed by atoms with Crippen LogP contribution in [0.15, 0.2) is 10.5 Å². The molecule has 17 heavy (non-hydrogen) atoms. The second-order valence-corrected chi connectivity index (χ2v) is 5.88. The van der Waals surface area contributed by atoms with Gasteiger partial charge in [0.05, 0.1) is 4.88 Å². The van der Waals surface area contributed by atoms with Crippen LogP contribution in [0.4, 0.5) is 5.82 Å². The van der Waals surface area contributed by atoms with E-state index in [1.165, 1.54) is 4.88 Å². The predicted octanol–water partition coefficient (Wildman–Crippen LogP) is 3.18. The number of thiophene rings is 1. The zero-order valence-electron chi connectivity index (χ0n) is 9.84. The van der Waals surface area contributed by atoms with Crippen LogP contribution in [0.1, 0.15) is 16.1 Å². The molecule has 0 amide bonds. The van der Waals surface area contributed by atoms with Crippen LogP contribution in [0.25, 0.3) is 10.7 Å². The summed E-state index contributed by atoms with van der Waals surface area (Å²) in [4.78, 5) is 11.2. The lowest BCUT2D eigenvalue weighted by Crippen LogP contribution is -2.12. The minimum absolute atomic E-state index is 0.676. The van der Waals surface area contributed by atoms with Gasteiger partial charge in [-0.05, 0) is 42.8 Å². The molecule has 4 nitrogen and oxygen atoms in total. The molecule has 6 heteroatoms. The molecule has 2 aromatic heterocycles. The molecule has 0 aliphatic rings. The Morgan fingerprint density at radius 2 is 2.00 bits per heavy atom. The van der Waals surface area contributed by atoms with Gasteiger partial charge in [0.2, 0.25) is 0 Å². The number of anilines is 1. The summed E-state index contributed by atoms with van der Waals surface area (Å²) >= 11 is 5.16. The van der Waals surface area contributed by atoms with E-state index in [0.29, 0.717) is 11.6 Å². The Labute approximate surface area is 112 Å². The molecule has 2 rings (SSSR count). The Morgan fingerprint density at radius 3 is 2.53 bits per heavy atom. The normalized spacial score (nSPS) is 10.6. The van der Waals surface area contributed by atoms with Gasteiger partial charge in [-0.2, -0.15) is 0 Å². The molecule has 0 aliphatic heterocycles. The SMILES string of the molecule is Cc1nc(-c2cc(Br)c(C)s2)nc(NN)c1C. The summed E-state index contributed by atoms with van der Waals surface area (Å²) < 4.78 is 1.08. The van der Waals surface area contributed by atoms with Gasteiger partial charge in [-0.1, -0.05) is 0 Å². The molecular weight excluding hydrogens is 300 g/mol. The van der Waals surface area contributed by atoms with Crippen molar-refractivity contribution in [2.24, 2.45) is 5.84 Å². The second kappa shape index (κ2) is 4.72. The Kier molecular flexibility index (Phi) is 3.46. The fourth-order valence-electron chi connectivity index (χ4n) is 1.45. The number of hydrogen-bond acceptors (Lipinski definition) is 5. The van der Waals surface area contributed by atoms with E-state index < -0.39 is 0 Å². The topological polar surface area (TPSA) is 63.8 Å². The molecule has 0 fully saturated rings. The smallest absolute Gasteiger partial charge is 0.171 e. The van der Waals surface area contributed by atoms with Gasteiger partial charge in [-0.3, -0.25) is 0 Å². The minimum atomic E-state index is 0.676. The van der Waals surface area contributed by atoms with E-state index >= 15 is 0 Å². The fourth-order valence-corrected chi connectivity index (χ4v) is 2.92. The van der Waals surface area contributed by atoms with Crippen LogP contribution >= 0.6 is 27.3 Å². The molecule has 0 bridgehead atoms. The third-order valence-electron chi connectivity index (χ3n) is 2.60. The summed E-state index contributed by atoms with van der Waals surface area (Å²) in [6.45, 7) is 5.96. The second-order valence-electron chi connectivity index (χ2n) is 3.77. The lowest BCUT2D eigenvalue weighted by molar-refractivity contribution is 1.06. The molecule has 0 aliphatic carbocycles. The first kappa shape index (κ1) is 12.5. The maximum Gasteiger partial charge on any atom is 0.171 e. The van der Waals surface area contributed by atoms with Crippen LogP contribution in [0.2, 0.25) is 0 Å². The van der Waals surface area contributed by atoms with Crippen molar-refractivity contribution in [3.63, 3.8) is 0 Å². The highest BCUT2D eigenvalue weighted by Gasteiger charge is 2.12. The Morgan fingerprint density at radius 1 is 1.29 bits per heavy atom. The monoisotopic (exact) mass is 312 g/mol. The van der Waals surface area contributed by atoms with Gasteiger partial charge < -0.3 is 5.43 Å². The molecule has 2 aromatic rings. The molecule has 0 spiro atoms. The van der Waals surface area contributed by atoms with Crippen molar-refractivity contribution in [3.8, 4) is 10.7 Å². The third kappa shape index (κ3) is 2.34. The first-order valence-electron chi connectivity index (χ1n) is 5.11. The summed E-state index contributed by atoms with van der Waals surface area (Å²) in [6, 6.07) is 2.03. The third-order valence-corrected chi connectivity index (χ3v) is 4.74. The van der Waals surface area contributed by atoms with Crippen molar-refractivity contribution in [2.45, 2.75) is 20.8 Å². The van der Waals surface area contributed by atoms with E-state index in [1.807, 2.05) is 19.9 Å². The van der Waals surface area contributed by atoms with Crippen molar-refractivity contribution in [1.29, 1.82) is 0 Å². The van der Waals surface area contributed by atoms with Crippen molar-refractivity contribution in [2.75, 3.05) is 5.43 Å². The number of aromatic nitrogens is 2. The molecule has 0 unspecified atom stereocenters. The van der Waals surface area contributed by atoms with Gasteiger partial charge in [-0.25, -0.2) is 15.8 Å². The Balaban J connectivity index is 2.56. The first-order chi connectivity index (χ1) is 8.02. The van der Waals surface area contributed by atoms with Gasteiger partial charge in [-0.15, -0.1) is 11.3 Å². The van der Waals surface area contributed by atoms with E-state index in [9.17, 15) is 0 Å². The lowest BCUT2D eigenvalue weighted by Gasteiger charge is -2.08. The number of hydrogen-bond donors (Lipinski definition) is 2. The molecule has 0 radical (unpaired) electrons. The zero-order chi connectivity index (χ0) is 12.6. The van der Waals surface area contributed by atoms with Gasteiger partial charge in [0.15, 0.2) is 5.82 Å². The molecule has 2 heterocycles. The van der Waals surface area contributed by atoms with Gasteiger partial charge >= 0.3 is 0 Å². The molecule has 90 valence electrons. The Hall–Kier alpha value is -0.980. The summed E-state index contributed by atoms with van der Waals surface area (Å²) in [5, 5.41) is 0. The van der Waals surface area contributed by atoms with E-state index in [2.05, 4.69) is 38.2 Å². The number of nitrogens with one attached hydrogen (secondary N) is 1. The average Bonchev–Trinajstić information content (AvgIpc) is 2.63. The number of halogens is 1. The van der Waals surface area contributed by atoms with Crippen LogP contribution in [-0.2, 0) is 0 Å². The quantitative estimate of drug-likeness (QED) is 0.660. The number of nitrogens with zero attached hydrogens (tertiary/aromatic N) is 2. The van der Waals surface area contributed by atoms with Gasteiger partial charge in [0, 0.05) is 20.6 Å². The van der Waals surface area contributed by atoms with Crippen molar-refractivity contribution in [1.82, 2.24) is 9.97 Å². The lowest BCUT2D eigenvalue weighted by atomic mass is 10.2. The van der Waals surface area contributed by atoms with Crippen molar-refractivity contribution in [3.05, 3.63) is 26.7 Å². The number of hydrazine groups is 1. The highest BCUT2D eigenvalue weighted by Crippen LogP contribution is 2.33. The number of nitrogens with two attached hydrogens (primary N) is 1. The molecule has 3 N–H and O–H groups in total. The van der Waals surface area contributed by atoms with Crippen LogP contribution in [-0.4, -0.2) is 9.97 Å². The minimum Gasteiger partial charge on any atom is -0.308 e. The largest absolute Gasteiger partial charge is 0.308 e. The molecule has 0 atom stereocenters. The highest BCUT2D eigenvalue weighted by atomic mass is 79.9. The zero-order valence-corrected chi connectivity index (χ0v) is 12.2. The van der Waals surface area contributed by atoms with Crippen LogP contribution in [0, 0.1) is 20.8 Å². The number of nitrogen functional groups attached to an aromatic ring is 1. The van der Waals surface area contributed by atoms with Crippen LogP contribution < -0.4 is 11.3 Å². The highest BCUT2D eigenvalue weighted by molar-refractivity contribution is 9.10. The summed E-state index contributed by atoms with van der Waals surface area (Å²) in [6.07, 6.45) is 0. The number of aryl methyl sites for hydroxylation is 2. The molecular formula is C11H13BrN4S. The Bertz CT molecular complexity index is 545. The average molecular weight is 313 g/mol. The first-order valence-corrected chi connectivity index (χ1v) is 6.72. The predicted molar refractivity (Wildman–Crippen MR) is 75.1 cm³/mol. The van der Waals surface area contributed by atoms with E-state index in [-0.39, 0.29) is 0 Å². The van der Waals surface area contributed by atoms with E-state index in [0.717, 1.165) is 20.6 Å².